The molecule has 1 rings (SSSR count). The molecule has 2 heteroatoms. The molecule has 1 nitrogen and oxygen atoms in total. The molecule has 88 valence electrons. The molecule has 0 amide bonds. The molecule has 0 unspecified atom stereocenters. The molecule has 0 N–H and O–H groups in total. The second kappa shape index (κ2) is 6.72. The molecule has 0 aliphatic rings. The van der Waals surface area contributed by atoms with Gasteiger partial charge in [0.15, 0.2) is 0 Å². The minimum atomic E-state index is 0.489. The smallest absolute Gasteiger partial charge is 0.0713 e. The summed E-state index contributed by atoms with van der Waals surface area (Å²) < 4.78 is 5.11. The Labute approximate surface area is 103 Å². The molecule has 0 saturated carbocycles. The summed E-state index contributed by atoms with van der Waals surface area (Å²) >= 11 is 5.92. The summed E-state index contributed by atoms with van der Waals surface area (Å²) in [6, 6.07) is 8.34. The van der Waals surface area contributed by atoms with Crippen molar-refractivity contribution in [1.29, 1.82) is 0 Å². The van der Waals surface area contributed by atoms with Gasteiger partial charge in [0, 0.05) is 13.0 Å². The van der Waals surface area contributed by atoms with Crippen molar-refractivity contribution in [1.82, 2.24) is 0 Å². The quantitative estimate of drug-likeness (QED) is 0.702. The lowest BCUT2D eigenvalue weighted by Crippen LogP contribution is -1.95. The summed E-state index contributed by atoms with van der Waals surface area (Å²) in [6.45, 7) is 4.97. The number of alkyl halides is 1. The zero-order valence-electron chi connectivity index (χ0n) is 10.2. The topological polar surface area (TPSA) is 9.23 Å². The normalized spacial score (nSPS) is 12.2. The van der Waals surface area contributed by atoms with Crippen molar-refractivity contribution in [2.45, 2.75) is 20.5 Å². The van der Waals surface area contributed by atoms with E-state index in [0.717, 1.165) is 0 Å². The number of rotatable bonds is 5. The van der Waals surface area contributed by atoms with Crippen LogP contribution in [0.3, 0.4) is 0 Å². The van der Waals surface area contributed by atoms with Gasteiger partial charge >= 0.3 is 0 Å². The van der Waals surface area contributed by atoms with Crippen molar-refractivity contribution >= 4 is 17.7 Å². The maximum Gasteiger partial charge on any atom is 0.0713 e. The standard InChI is InChI=1S/C14H19ClO/c1-11(2)14(9-15)8-12-5-4-6-13(7-12)10-16-3/h4-8,11H,9-10H2,1-3H3. The van der Waals surface area contributed by atoms with E-state index in [-0.39, 0.29) is 0 Å². The SMILES string of the molecule is COCc1cccc(C=C(CCl)C(C)C)c1. The maximum absolute atomic E-state index is 5.92. The van der Waals surface area contributed by atoms with Crippen molar-refractivity contribution in [3.63, 3.8) is 0 Å². The zero-order chi connectivity index (χ0) is 12.0. The third-order valence-electron chi connectivity index (χ3n) is 2.51. The van der Waals surface area contributed by atoms with Crippen LogP contribution in [0.25, 0.3) is 6.08 Å². The van der Waals surface area contributed by atoms with E-state index in [4.69, 9.17) is 16.3 Å². The van der Waals surface area contributed by atoms with E-state index in [1.807, 2.05) is 6.07 Å². The summed E-state index contributed by atoms with van der Waals surface area (Å²) in [4.78, 5) is 0. The lowest BCUT2D eigenvalue weighted by molar-refractivity contribution is 0.185. The lowest BCUT2D eigenvalue weighted by atomic mass is 10.0. The van der Waals surface area contributed by atoms with Crippen LogP contribution in [0.5, 0.6) is 0 Å². The molecule has 0 spiro atoms. The summed E-state index contributed by atoms with van der Waals surface area (Å²) in [5, 5.41) is 0. The van der Waals surface area contributed by atoms with Gasteiger partial charge in [-0.15, -0.1) is 11.6 Å². The first-order valence-corrected chi connectivity index (χ1v) is 6.05. The van der Waals surface area contributed by atoms with E-state index in [0.29, 0.717) is 18.4 Å². The highest BCUT2D eigenvalue weighted by molar-refractivity contribution is 6.19. The fraction of sp³-hybridized carbons (Fsp3) is 0.429. The molecule has 0 saturated heterocycles. The average Bonchev–Trinajstić information content (AvgIpc) is 2.26. The maximum atomic E-state index is 5.92. The number of methoxy groups -OCH3 is 1. The molecule has 1 aromatic rings. The van der Waals surface area contributed by atoms with Gasteiger partial charge in [-0.2, -0.15) is 0 Å². The van der Waals surface area contributed by atoms with E-state index >= 15 is 0 Å². The fourth-order valence-corrected chi connectivity index (χ4v) is 1.90. The Morgan fingerprint density at radius 3 is 2.75 bits per heavy atom. The molecule has 16 heavy (non-hydrogen) atoms. The van der Waals surface area contributed by atoms with Crippen LogP contribution in [-0.4, -0.2) is 13.0 Å². The first-order valence-electron chi connectivity index (χ1n) is 5.51. The van der Waals surface area contributed by atoms with Gasteiger partial charge in [0.2, 0.25) is 0 Å². The summed E-state index contributed by atoms with van der Waals surface area (Å²) in [5.74, 6) is 1.08. The predicted molar refractivity (Wildman–Crippen MR) is 70.7 cm³/mol. The van der Waals surface area contributed by atoms with Crippen molar-refractivity contribution in [3.8, 4) is 0 Å². The fourth-order valence-electron chi connectivity index (χ4n) is 1.51. The van der Waals surface area contributed by atoms with Crippen LogP contribution in [0.4, 0.5) is 0 Å². The number of hydrogen-bond donors (Lipinski definition) is 0. The van der Waals surface area contributed by atoms with E-state index < -0.39 is 0 Å². The largest absolute Gasteiger partial charge is 0.380 e. The van der Waals surface area contributed by atoms with Gasteiger partial charge in [-0.25, -0.2) is 0 Å². The Kier molecular flexibility index (Phi) is 5.58. The Bertz CT molecular complexity index is 356. The third kappa shape index (κ3) is 3.99. The molecule has 0 heterocycles. The van der Waals surface area contributed by atoms with Crippen LogP contribution in [0.15, 0.2) is 29.8 Å². The Hall–Kier alpha value is -0.790. The van der Waals surface area contributed by atoms with Crippen molar-refractivity contribution in [2.24, 2.45) is 5.92 Å². The number of ether oxygens (including phenoxy) is 1. The summed E-state index contributed by atoms with van der Waals surface area (Å²) in [7, 11) is 1.71. The van der Waals surface area contributed by atoms with Crippen LogP contribution < -0.4 is 0 Å². The van der Waals surface area contributed by atoms with Crippen LogP contribution in [0.1, 0.15) is 25.0 Å². The monoisotopic (exact) mass is 238 g/mol. The molecule has 0 aliphatic heterocycles. The van der Waals surface area contributed by atoms with E-state index in [9.17, 15) is 0 Å². The second-order valence-electron chi connectivity index (χ2n) is 4.19. The van der Waals surface area contributed by atoms with Crippen LogP contribution in [0, 0.1) is 5.92 Å². The van der Waals surface area contributed by atoms with Gasteiger partial charge in [0.05, 0.1) is 6.61 Å². The van der Waals surface area contributed by atoms with Gasteiger partial charge in [-0.1, -0.05) is 43.7 Å². The summed E-state index contributed by atoms with van der Waals surface area (Å²) in [5.41, 5.74) is 3.64. The van der Waals surface area contributed by atoms with Crippen LogP contribution in [-0.2, 0) is 11.3 Å². The van der Waals surface area contributed by atoms with E-state index in [1.54, 1.807) is 7.11 Å². The molecule has 0 aromatic heterocycles. The molecule has 1 aromatic carbocycles. The predicted octanol–water partition coefficient (Wildman–Crippen LogP) is 4.11. The minimum Gasteiger partial charge on any atom is -0.380 e. The minimum absolute atomic E-state index is 0.489. The third-order valence-corrected chi connectivity index (χ3v) is 2.82. The number of allylic oxidation sites excluding steroid dienone is 1. The van der Waals surface area contributed by atoms with Crippen LogP contribution >= 0.6 is 11.6 Å². The molecular formula is C14H19ClO. The Morgan fingerprint density at radius 1 is 1.44 bits per heavy atom. The van der Waals surface area contributed by atoms with Crippen molar-refractivity contribution in [2.75, 3.05) is 13.0 Å². The highest BCUT2D eigenvalue weighted by Gasteiger charge is 2.02. The van der Waals surface area contributed by atoms with Crippen molar-refractivity contribution < 1.29 is 4.74 Å². The first-order chi connectivity index (χ1) is 7.67. The first kappa shape index (κ1) is 13.3. The molecule has 0 aliphatic carbocycles. The van der Waals surface area contributed by atoms with Gasteiger partial charge in [0.25, 0.3) is 0 Å². The van der Waals surface area contributed by atoms with Crippen molar-refractivity contribution in [3.05, 3.63) is 41.0 Å². The molecule has 0 radical (unpaired) electrons. The second-order valence-corrected chi connectivity index (χ2v) is 4.45. The van der Waals surface area contributed by atoms with E-state index in [1.165, 1.54) is 16.7 Å². The lowest BCUT2D eigenvalue weighted by Gasteiger charge is -2.08. The molecule has 0 bridgehead atoms. The number of benzene rings is 1. The molecular weight excluding hydrogens is 220 g/mol. The highest BCUT2D eigenvalue weighted by atomic mass is 35.5. The van der Waals surface area contributed by atoms with E-state index in [2.05, 4.69) is 38.1 Å². The number of halogens is 1. The van der Waals surface area contributed by atoms with Gasteiger partial charge in [0.1, 0.15) is 0 Å². The Morgan fingerprint density at radius 2 is 2.19 bits per heavy atom. The average molecular weight is 239 g/mol. The molecule has 0 fully saturated rings. The van der Waals surface area contributed by atoms with Gasteiger partial charge in [-0.05, 0) is 23.1 Å². The van der Waals surface area contributed by atoms with Gasteiger partial charge in [-0.3, -0.25) is 0 Å². The van der Waals surface area contributed by atoms with Crippen LogP contribution in [0.2, 0.25) is 0 Å². The van der Waals surface area contributed by atoms with Gasteiger partial charge < -0.3 is 4.74 Å². The highest BCUT2D eigenvalue weighted by Crippen LogP contribution is 2.17. The molecule has 0 atom stereocenters. The Balaban J connectivity index is 2.91. The zero-order valence-corrected chi connectivity index (χ0v) is 10.9. The number of hydrogen-bond acceptors (Lipinski definition) is 1. The summed E-state index contributed by atoms with van der Waals surface area (Å²) in [6.07, 6.45) is 2.16.